The molecular weight excluding hydrogens is 536 g/mol. The number of benzene rings is 3. The first-order valence-corrected chi connectivity index (χ1v) is 14.0. The van der Waals surface area contributed by atoms with Crippen molar-refractivity contribution in [2.75, 3.05) is 34.0 Å². The molecule has 9 nitrogen and oxygen atoms in total. The molecule has 42 heavy (non-hydrogen) atoms. The lowest BCUT2D eigenvalue weighted by atomic mass is 10.1. The highest BCUT2D eigenvalue weighted by molar-refractivity contribution is 6.08. The van der Waals surface area contributed by atoms with E-state index in [1.54, 1.807) is 62.8 Å². The van der Waals surface area contributed by atoms with Crippen LogP contribution < -0.4 is 18.9 Å². The van der Waals surface area contributed by atoms with Gasteiger partial charge in [0.15, 0.2) is 28.8 Å². The van der Waals surface area contributed by atoms with Crippen molar-refractivity contribution in [1.29, 1.82) is 0 Å². The van der Waals surface area contributed by atoms with E-state index in [1.807, 2.05) is 17.2 Å². The Morgan fingerprint density at radius 2 is 1.71 bits per heavy atom. The number of para-hydroxylation sites is 1. The first-order chi connectivity index (χ1) is 20.5. The zero-order chi connectivity index (χ0) is 29.5. The van der Waals surface area contributed by atoms with Crippen LogP contribution in [0.15, 0.2) is 65.7 Å². The van der Waals surface area contributed by atoms with Gasteiger partial charge in [-0.3, -0.25) is 14.6 Å². The molecule has 0 unspecified atom stereocenters. The van der Waals surface area contributed by atoms with Crippen molar-refractivity contribution in [2.45, 2.75) is 31.7 Å². The maximum Gasteiger partial charge on any atom is 0.256 e. The molecular formula is C33H34N2O7. The number of phenols is 1. The minimum absolute atomic E-state index is 0.0209. The largest absolute Gasteiger partial charge is 0.507 e. The van der Waals surface area contributed by atoms with Gasteiger partial charge in [-0.2, -0.15) is 0 Å². The van der Waals surface area contributed by atoms with Crippen molar-refractivity contribution < 1.29 is 33.6 Å². The van der Waals surface area contributed by atoms with Crippen LogP contribution in [0.5, 0.6) is 28.7 Å². The number of ether oxygens (including phenoxy) is 4. The van der Waals surface area contributed by atoms with E-state index in [2.05, 4.69) is 4.99 Å². The molecule has 0 aromatic heterocycles. The van der Waals surface area contributed by atoms with E-state index in [0.717, 1.165) is 37.8 Å². The van der Waals surface area contributed by atoms with E-state index >= 15 is 0 Å². The number of nitrogens with zero attached hydrogens (tertiary/aromatic N) is 2. The summed E-state index contributed by atoms with van der Waals surface area (Å²) in [6.07, 6.45) is 8.32. The van der Waals surface area contributed by atoms with Gasteiger partial charge in [-0.1, -0.05) is 24.3 Å². The van der Waals surface area contributed by atoms with Gasteiger partial charge in [0.05, 0.1) is 50.3 Å². The summed E-state index contributed by atoms with van der Waals surface area (Å²) in [6, 6.07) is 15.4. The summed E-state index contributed by atoms with van der Waals surface area (Å²) in [7, 11) is 3.12. The van der Waals surface area contributed by atoms with Crippen molar-refractivity contribution in [3.05, 3.63) is 77.4 Å². The van der Waals surface area contributed by atoms with E-state index in [-0.39, 0.29) is 29.0 Å². The molecule has 218 valence electrons. The van der Waals surface area contributed by atoms with Crippen LogP contribution in [0.3, 0.4) is 0 Å². The number of methoxy groups -OCH3 is 2. The maximum absolute atomic E-state index is 13.0. The molecule has 9 heteroatoms. The fourth-order valence-corrected chi connectivity index (χ4v) is 5.04. The van der Waals surface area contributed by atoms with Crippen molar-refractivity contribution in [1.82, 2.24) is 4.90 Å². The van der Waals surface area contributed by atoms with E-state index < -0.39 is 0 Å². The van der Waals surface area contributed by atoms with Gasteiger partial charge < -0.3 is 29.0 Å². The molecule has 2 aliphatic rings. The third kappa shape index (κ3) is 6.40. The highest BCUT2D eigenvalue weighted by atomic mass is 16.5. The van der Waals surface area contributed by atoms with Crippen LogP contribution in [0.1, 0.15) is 52.0 Å². The second kappa shape index (κ2) is 13.2. The summed E-state index contributed by atoms with van der Waals surface area (Å²) in [4.78, 5) is 31.9. The topological polar surface area (TPSA) is 107 Å². The number of phenolic OH excluding ortho intramolecular Hbond substituents is 1. The fourth-order valence-electron chi connectivity index (χ4n) is 5.04. The minimum Gasteiger partial charge on any atom is -0.507 e. The second-order valence-corrected chi connectivity index (χ2v) is 10.0. The minimum atomic E-state index is -0.292. The van der Waals surface area contributed by atoms with Crippen molar-refractivity contribution in [2.24, 2.45) is 4.99 Å². The van der Waals surface area contributed by atoms with E-state index in [9.17, 15) is 14.7 Å². The Balaban J connectivity index is 1.12. The summed E-state index contributed by atoms with van der Waals surface area (Å²) in [6.45, 7) is 1.64. The first kappa shape index (κ1) is 28.7. The molecule has 2 aliphatic heterocycles. The zero-order valence-electron chi connectivity index (χ0n) is 23.7. The lowest BCUT2D eigenvalue weighted by Crippen LogP contribution is -2.35. The van der Waals surface area contributed by atoms with Crippen molar-refractivity contribution in [3.8, 4) is 28.7 Å². The van der Waals surface area contributed by atoms with Gasteiger partial charge in [-0.05, 0) is 67.7 Å². The molecule has 1 atom stereocenters. The van der Waals surface area contributed by atoms with Crippen LogP contribution in [0.2, 0.25) is 0 Å². The summed E-state index contributed by atoms with van der Waals surface area (Å²) < 4.78 is 22.9. The quantitative estimate of drug-likeness (QED) is 0.165. The number of amides is 1. The third-order valence-corrected chi connectivity index (χ3v) is 7.30. The maximum atomic E-state index is 13.0. The molecule has 1 saturated heterocycles. The standard InChI is InChI=1S/C33H34N2O7/c1-39-30-18-22(11-13-28(37)24-9-3-4-10-27(24)36)12-14-29(30)41-16-5-6-17-42-32-20-26-25(19-31(32)40-2)33(38)35-15-7-8-23(35)21-34-26/h3-4,9-14,18-21,23,36H,5-8,15-17H2,1-2H3/b13-11+/t23-/m0/s1. The molecule has 0 bridgehead atoms. The normalized spacial score (nSPS) is 15.7. The Kier molecular flexibility index (Phi) is 9.06. The Morgan fingerprint density at radius 3 is 2.48 bits per heavy atom. The summed E-state index contributed by atoms with van der Waals surface area (Å²) >= 11 is 0. The molecule has 0 aliphatic carbocycles. The van der Waals surface area contributed by atoms with Gasteiger partial charge >= 0.3 is 0 Å². The molecule has 0 saturated carbocycles. The van der Waals surface area contributed by atoms with E-state index in [0.29, 0.717) is 47.5 Å². The molecule has 3 aromatic rings. The molecule has 0 spiro atoms. The number of carbonyl (C=O) groups is 2. The average molecular weight is 571 g/mol. The van der Waals surface area contributed by atoms with Crippen LogP contribution in [-0.2, 0) is 0 Å². The molecule has 1 N–H and O–H groups in total. The number of rotatable bonds is 12. The average Bonchev–Trinajstić information content (AvgIpc) is 3.44. The summed E-state index contributed by atoms with van der Waals surface area (Å²) in [5, 5.41) is 9.88. The van der Waals surface area contributed by atoms with Gasteiger partial charge in [0.25, 0.3) is 5.91 Å². The number of fused-ring (bicyclic) bond motifs is 2. The molecule has 2 heterocycles. The Hall–Kier alpha value is -4.79. The number of hydrogen-bond donors (Lipinski definition) is 1. The fraction of sp³-hybridized carbons (Fsp3) is 0.303. The number of allylic oxidation sites excluding steroid dienone is 1. The number of aromatic hydroxyl groups is 1. The van der Waals surface area contributed by atoms with Gasteiger partial charge in [-0.25, -0.2) is 0 Å². The number of hydrogen-bond acceptors (Lipinski definition) is 8. The SMILES string of the molecule is COc1cc(/C=C/C(=O)c2ccccc2O)ccc1OCCCCOc1cc2c(cc1OC)C(=O)N1CCC[C@H]1C=N2. The van der Waals surface area contributed by atoms with Gasteiger partial charge in [0.2, 0.25) is 0 Å². The van der Waals surface area contributed by atoms with Gasteiger partial charge in [-0.15, -0.1) is 0 Å². The summed E-state index contributed by atoms with van der Waals surface area (Å²) in [5.74, 6) is 1.84. The first-order valence-electron chi connectivity index (χ1n) is 14.0. The second-order valence-electron chi connectivity index (χ2n) is 10.0. The van der Waals surface area contributed by atoms with E-state index in [1.165, 1.54) is 12.1 Å². The third-order valence-electron chi connectivity index (χ3n) is 7.30. The lowest BCUT2D eigenvalue weighted by Gasteiger charge is -2.20. The van der Waals surface area contributed by atoms with E-state index in [4.69, 9.17) is 18.9 Å². The highest BCUT2D eigenvalue weighted by Crippen LogP contribution is 2.38. The van der Waals surface area contributed by atoms with Crippen LogP contribution >= 0.6 is 0 Å². The van der Waals surface area contributed by atoms with Crippen molar-refractivity contribution >= 4 is 29.7 Å². The van der Waals surface area contributed by atoms with Crippen molar-refractivity contribution in [3.63, 3.8) is 0 Å². The van der Waals surface area contributed by atoms with Crippen LogP contribution in [-0.4, -0.2) is 67.9 Å². The number of unbranched alkanes of at least 4 members (excludes halogenated alkanes) is 1. The predicted molar refractivity (Wildman–Crippen MR) is 160 cm³/mol. The number of carbonyl (C=O) groups excluding carboxylic acids is 2. The monoisotopic (exact) mass is 570 g/mol. The molecule has 0 radical (unpaired) electrons. The molecule has 1 amide bonds. The Bertz CT molecular complexity index is 1510. The summed E-state index contributed by atoms with van der Waals surface area (Å²) in [5.41, 5.74) is 2.14. The number of aliphatic imine (C=N–C) groups is 1. The smallest absolute Gasteiger partial charge is 0.256 e. The Morgan fingerprint density at radius 1 is 0.976 bits per heavy atom. The number of ketones is 1. The highest BCUT2D eigenvalue weighted by Gasteiger charge is 2.32. The lowest BCUT2D eigenvalue weighted by molar-refractivity contribution is 0.0774. The van der Waals surface area contributed by atoms with Gasteiger partial charge in [0.1, 0.15) is 5.75 Å². The Labute approximate surface area is 245 Å². The van der Waals surface area contributed by atoms with Gasteiger partial charge in [0, 0.05) is 18.8 Å². The molecule has 3 aromatic carbocycles. The van der Waals surface area contributed by atoms with Crippen LogP contribution in [0.4, 0.5) is 5.69 Å². The molecule has 5 rings (SSSR count). The molecule has 1 fully saturated rings. The van der Waals surface area contributed by atoms with Crippen LogP contribution in [0.25, 0.3) is 6.08 Å². The zero-order valence-corrected chi connectivity index (χ0v) is 23.7. The predicted octanol–water partition coefficient (Wildman–Crippen LogP) is 5.86. The van der Waals surface area contributed by atoms with Crippen LogP contribution in [0, 0.1) is 0 Å².